The number of nitrogens with zero attached hydrogens (tertiary/aromatic N) is 3. The zero-order valence-electron chi connectivity index (χ0n) is 13.8. The first kappa shape index (κ1) is 17.7. The SMILES string of the molecule is CC(=O)CCCSc1nnc(-c2ccccc2F)n1CC(C)C. The molecular formula is C17H22FN3OS. The van der Waals surface area contributed by atoms with Crippen LogP contribution in [0.2, 0.25) is 0 Å². The quantitative estimate of drug-likeness (QED) is 0.536. The highest BCUT2D eigenvalue weighted by Gasteiger charge is 2.17. The van der Waals surface area contributed by atoms with Crippen molar-refractivity contribution in [2.75, 3.05) is 5.75 Å². The molecule has 0 atom stereocenters. The minimum atomic E-state index is -0.293. The molecule has 0 spiro atoms. The van der Waals surface area contributed by atoms with Crippen LogP contribution in [0.25, 0.3) is 11.4 Å². The van der Waals surface area contributed by atoms with Crippen molar-refractivity contribution < 1.29 is 9.18 Å². The fourth-order valence-electron chi connectivity index (χ4n) is 2.25. The largest absolute Gasteiger partial charge is 0.302 e. The minimum absolute atomic E-state index is 0.196. The number of ketones is 1. The number of thioether (sulfide) groups is 1. The molecule has 0 N–H and O–H groups in total. The number of rotatable bonds is 8. The van der Waals surface area contributed by atoms with E-state index < -0.39 is 0 Å². The first-order chi connectivity index (χ1) is 11.0. The predicted octanol–water partition coefficient (Wildman–Crippen LogP) is 4.20. The van der Waals surface area contributed by atoms with E-state index in [1.807, 2.05) is 4.57 Å². The van der Waals surface area contributed by atoms with E-state index in [1.54, 1.807) is 36.9 Å². The van der Waals surface area contributed by atoms with Gasteiger partial charge in [0.25, 0.3) is 0 Å². The van der Waals surface area contributed by atoms with Gasteiger partial charge in [-0.15, -0.1) is 10.2 Å². The first-order valence-electron chi connectivity index (χ1n) is 7.79. The van der Waals surface area contributed by atoms with Gasteiger partial charge in [0.05, 0.1) is 5.56 Å². The van der Waals surface area contributed by atoms with Crippen LogP contribution in [0, 0.1) is 11.7 Å². The fraction of sp³-hybridized carbons (Fsp3) is 0.471. The summed E-state index contributed by atoms with van der Waals surface area (Å²) >= 11 is 1.57. The lowest BCUT2D eigenvalue weighted by Crippen LogP contribution is -2.08. The zero-order chi connectivity index (χ0) is 16.8. The number of hydrogen-bond acceptors (Lipinski definition) is 4. The van der Waals surface area contributed by atoms with Gasteiger partial charge in [0.15, 0.2) is 11.0 Å². The zero-order valence-corrected chi connectivity index (χ0v) is 14.6. The summed E-state index contributed by atoms with van der Waals surface area (Å²) in [4.78, 5) is 11.0. The third kappa shape index (κ3) is 4.89. The number of halogens is 1. The highest BCUT2D eigenvalue weighted by atomic mass is 32.2. The van der Waals surface area contributed by atoms with Gasteiger partial charge in [0, 0.05) is 18.7 Å². The first-order valence-corrected chi connectivity index (χ1v) is 8.78. The van der Waals surface area contributed by atoms with E-state index in [-0.39, 0.29) is 11.6 Å². The van der Waals surface area contributed by atoms with Gasteiger partial charge in [0.1, 0.15) is 11.6 Å². The van der Waals surface area contributed by atoms with Crippen LogP contribution in [0.1, 0.15) is 33.6 Å². The van der Waals surface area contributed by atoms with Gasteiger partial charge in [-0.2, -0.15) is 0 Å². The van der Waals surface area contributed by atoms with Crippen LogP contribution in [-0.2, 0) is 11.3 Å². The molecule has 0 unspecified atom stereocenters. The van der Waals surface area contributed by atoms with Gasteiger partial charge in [-0.05, 0) is 31.4 Å². The smallest absolute Gasteiger partial charge is 0.191 e. The lowest BCUT2D eigenvalue weighted by molar-refractivity contribution is -0.117. The minimum Gasteiger partial charge on any atom is -0.302 e. The van der Waals surface area contributed by atoms with Crippen LogP contribution in [0.5, 0.6) is 0 Å². The molecule has 2 aromatic rings. The van der Waals surface area contributed by atoms with Crippen molar-refractivity contribution in [3.05, 3.63) is 30.1 Å². The summed E-state index contributed by atoms with van der Waals surface area (Å²) in [7, 11) is 0. The Hall–Kier alpha value is -1.69. The summed E-state index contributed by atoms with van der Waals surface area (Å²) in [6.07, 6.45) is 1.38. The van der Waals surface area contributed by atoms with Gasteiger partial charge in [0.2, 0.25) is 0 Å². The van der Waals surface area contributed by atoms with E-state index in [1.165, 1.54) is 6.07 Å². The molecule has 1 heterocycles. The normalized spacial score (nSPS) is 11.2. The van der Waals surface area contributed by atoms with Crippen LogP contribution in [-0.4, -0.2) is 26.3 Å². The lowest BCUT2D eigenvalue weighted by Gasteiger charge is -2.12. The van der Waals surface area contributed by atoms with Crippen molar-refractivity contribution in [3.8, 4) is 11.4 Å². The Bertz CT molecular complexity index is 670. The molecule has 0 bridgehead atoms. The van der Waals surface area contributed by atoms with Gasteiger partial charge in [-0.25, -0.2) is 4.39 Å². The Morgan fingerprint density at radius 1 is 1.30 bits per heavy atom. The third-order valence-corrected chi connectivity index (χ3v) is 4.34. The van der Waals surface area contributed by atoms with Crippen molar-refractivity contribution in [1.29, 1.82) is 0 Å². The van der Waals surface area contributed by atoms with E-state index in [4.69, 9.17) is 0 Å². The Labute approximate surface area is 140 Å². The molecule has 0 aliphatic rings. The molecule has 23 heavy (non-hydrogen) atoms. The number of aromatic nitrogens is 3. The van der Waals surface area contributed by atoms with Gasteiger partial charge in [-0.1, -0.05) is 37.7 Å². The molecule has 0 aliphatic heterocycles. The maximum absolute atomic E-state index is 14.1. The molecule has 0 saturated carbocycles. The average Bonchev–Trinajstić information content (AvgIpc) is 2.86. The molecule has 0 fully saturated rings. The van der Waals surface area contributed by atoms with Crippen molar-refractivity contribution >= 4 is 17.5 Å². The van der Waals surface area contributed by atoms with Crippen molar-refractivity contribution in [2.45, 2.75) is 45.3 Å². The monoisotopic (exact) mass is 335 g/mol. The second kappa shape index (κ2) is 8.24. The summed E-state index contributed by atoms with van der Waals surface area (Å²) in [5, 5.41) is 9.21. The Morgan fingerprint density at radius 3 is 2.70 bits per heavy atom. The van der Waals surface area contributed by atoms with E-state index in [0.717, 1.165) is 23.9 Å². The summed E-state index contributed by atoms with van der Waals surface area (Å²) in [6.45, 7) is 6.54. The highest BCUT2D eigenvalue weighted by Crippen LogP contribution is 2.27. The topological polar surface area (TPSA) is 47.8 Å². The number of carbonyl (C=O) groups excluding carboxylic acids is 1. The van der Waals surface area contributed by atoms with E-state index in [9.17, 15) is 9.18 Å². The summed E-state index contributed by atoms with van der Waals surface area (Å²) < 4.78 is 16.0. The molecule has 4 nitrogen and oxygen atoms in total. The summed E-state index contributed by atoms with van der Waals surface area (Å²) in [6, 6.07) is 6.62. The van der Waals surface area contributed by atoms with Crippen molar-refractivity contribution in [2.24, 2.45) is 5.92 Å². The van der Waals surface area contributed by atoms with Crippen LogP contribution in [0.4, 0.5) is 4.39 Å². The van der Waals surface area contributed by atoms with E-state index in [0.29, 0.717) is 23.7 Å². The van der Waals surface area contributed by atoms with Crippen molar-refractivity contribution in [1.82, 2.24) is 14.8 Å². The Morgan fingerprint density at radius 2 is 2.04 bits per heavy atom. The molecule has 0 saturated heterocycles. The molecular weight excluding hydrogens is 313 g/mol. The van der Waals surface area contributed by atoms with E-state index >= 15 is 0 Å². The second-order valence-corrected chi connectivity index (χ2v) is 7.01. The Balaban J connectivity index is 2.23. The number of Topliss-reactive ketones (excluding diaryl/α,β-unsaturated/α-hetero) is 1. The molecule has 1 aromatic heterocycles. The van der Waals surface area contributed by atoms with Crippen LogP contribution in [0.3, 0.4) is 0 Å². The molecule has 0 aliphatic carbocycles. The molecule has 0 amide bonds. The lowest BCUT2D eigenvalue weighted by atomic mass is 10.2. The standard InChI is InChI=1S/C17H22FN3OS/c1-12(2)11-21-16(14-8-4-5-9-15(14)18)19-20-17(21)23-10-6-7-13(3)22/h4-5,8-9,12H,6-7,10-11H2,1-3H3. The van der Waals surface area contributed by atoms with Crippen LogP contribution >= 0.6 is 11.8 Å². The van der Waals surface area contributed by atoms with E-state index in [2.05, 4.69) is 24.0 Å². The molecule has 1 aromatic carbocycles. The van der Waals surface area contributed by atoms with Crippen LogP contribution in [0.15, 0.2) is 29.4 Å². The van der Waals surface area contributed by atoms with Gasteiger partial charge < -0.3 is 9.36 Å². The summed E-state index contributed by atoms with van der Waals surface area (Å²) in [5.41, 5.74) is 0.469. The highest BCUT2D eigenvalue weighted by molar-refractivity contribution is 7.99. The number of hydrogen-bond donors (Lipinski definition) is 0. The maximum atomic E-state index is 14.1. The second-order valence-electron chi connectivity index (χ2n) is 5.94. The number of carbonyl (C=O) groups is 1. The third-order valence-electron chi connectivity index (χ3n) is 3.28. The van der Waals surface area contributed by atoms with Crippen LogP contribution < -0.4 is 0 Å². The molecule has 6 heteroatoms. The average molecular weight is 335 g/mol. The Kier molecular flexibility index (Phi) is 6.33. The predicted molar refractivity (Wildman–Crippen MR) is 90.9 cm³/mol. The fourth-order valence-corrected chi connectivity index (χ4v) is 3.14. The number of benzene rings is 1. The maximum Gasteiger partial charge on any atom is 0.191 e. The van der Waals surface area contributed by atoms with Gasteiger partial charge >= 0.3 is 0 Å². The molecule has 124 valence electrons. The molecule has 0 radical (unpaired) electrons. The van der Waals surface area contributed by atoms with Crippen molar-refractivity contribution in [3.63, 3.8) is 0 Å². The van der Waals surface area contributed by atoms with Gasteiger partial charge in [-0.3, -0.25) is 0 Å². The molecule has 2 rings (SSSR count). The summed E-state index contributed by atoms with van der Waals surface area (Å²) in [5.74, 6) is 1.66.